The molecule has 19 heavy (non-hydrogen) atoms. The summed E-state index contributed by atoms with van der Waals surface area (Å²) < 4.78 is 14.7. The van der Waals surface area contributed by atoms with Crippen molar-refractivity contribution in [1.82, 2.24) is 14.8 Å². The van der Waals surface area contributed by atoms with Crippen LogP contribution in [0.2, 0.25) is 0 Å². The van der Waals surface area contributed by atoms with E-state index >= 15 is 0 Å². The molecule has 1 aromatic heterocycles. The first-order chi connectivity index (χ1) is 8.99. The minimum Gasteiger partial charge on any atom is -0.370 e. The first-order valence-corrected chi connectivity index (χ1v) is 5.53. The number of nitrogens with one attached hydrogen (secondary N) is 1. The van der Waals surface area contributed by atoms with Gasteiger partial charge in [-0.05, 0) is 19.1 Å². The van der Waals surface area contributed by atoms with Gasteiger partial charge in [-0.15, -0.1) is 10.2 Å². The van der Waals surface area contributed by atoms with Crippen molar-refractivity contribution in [2.24, 2.45) is 7.05 Å². The van der Waals surface area contributed by atoms with Crippen molar-refractivity contribution in [2.45, 2.75) is 13.0 Å². The van der Waals surface area contributed by atoms with Gasteiger partial charge < -0.3 is 9.88 Å². The van der Waals surface area contributed by atoms with Gasteiger partial charge in [0.05, 0.1) is 17.0 Å². The Morgan fingerprint density at radius 1 is 1.53 bits per heavy atom. The summed E-state index contributed by atoms with van der Waals surface area (Å²) in [6, 6.07) is 3.08. The maximum Gasteiger partial charge on any atom is 0.295 e. The SMILES string of the molecule is CC(Nc1ccc(F)cc1[N+](=O)[O-])c1nncn1C. The molecule has 1 N–H and O–H groups in total. The van der Waals surface area contributed by atoms with Gasteiger partial charge in [0.25, 0.3) is 5.69 Å². The monoisotopic (exact) mass is 265 g/mol. The average molecular weight is 265 g/mol. The molecular weight excluding hydrogens is 253 g/mol. The second-order valence-corrected chi connectivity index (χ2v) is 4.08. The molecule has 0 saturated heterocycles. The Bertz CT molecular complexity index is 613. The fourth-order valence-corrected chi connectivity index (χ4v) is 1.76. The summed E-state index contributed by atoms with van der Waals surface area (Å²) in [4.78, 5) is 10.2. The van der Waals surface area contributed by atoms with Crippen LogP contribution in [0.5, 0.6) is 0 Å². The number of benzene rings is 1. The molecule has 0 spiro atoms. The van der Waals surface area contributed by atoms with Gasteiger partial charge in [0.2, 0.25) is 0 Å². The number of nitrogens with zero attached hydrogens (tertiary/aromatic N) is 4. The average Bonchev–Trinajstić information content (AvgIpc) is 2.77. The Hall–Kier alpha value is -2.51. The zero-order valence-electron chi connectivity index (χ0n) is 10.4. The first-order valence-electron chi connectivity index (χ1n) is 5.53. The molecule has 2 aromatic rings. The standard InChI is InChI=1S/C11H12FN5O2/c1-7(11-15-13-6-16(11)2)14-9-4-3-8(12)5-10(9)17(18)19/h3-7,14H,1-2H3. The highest BCUT2D eigenvalue weighted by Gasteiger charge is 2.19. The van der Waals surface area contributed by atoms with E-state index < -0.39 is 10.7 Å². The number of hydrogen-bond acceptors (Lipinski definition) is 5. The Balaban J connectivity index is 2.29. The number of aryl methyl sites for hydroxylation is 1. The summed E-state index contributed by atoms with van der Waals surface area (Å²) in [7, 11) is 1.77. The summed E-state index contributed by atoms with van der Waals surface area (Å²) in [5.74, 6) is -0.0258. The van der Waals surface area contributed by atoms with Crippen molar-refractivity contribution in [1.29, 1.82) is 0 Å². The quantitative estimate of drug-likeness (QED) is 0.675. The van der Waals surface area contributed by atoms with Crippen molar-refractivity contribution in [3.05, 3.63) is 46.3 Å². The van der Waals surface area contributed by atoms with Gasteiger partial charge in [0, 0.05) is 7.05 Å². The number of hydrogen-bond donors (Lipinski definition) is 1. The van der Waals surface area contributed by atoms with Crippen LogP contribution < -0.4 is 5.32 Å². The Kier molecular flexibility index (Phi) is 3.41. The normalized spacial score (nSPS) is 12.2. The topological polar surface area (TPSA) is 85.9 Å². The molecule has 0 amide bonds. The van der Waals surface area contributed by atoms with E-state index in [4.69, 9.17) is 0 Å². The molecule has 0 aliphatic rings. The first kappa shape index (κ1) is 12.9. The van der Waals surface area contributed by atoms with Crippen LogP contribution in [0.15, 0.2) is 24.5 Å². The highest BCUT2D eigenvalue weighted by atomic mass is 19.1. The summed E-state index contributed by atoms with van der Waals surface area (Å²) in [6.45, 7) is 1.79. The van der Waals surface area contributed by atoms with Gasteiger partial charge in [-0.25, -0.2) is 4.39 Å². The van der Waals surface area contributed by atoms with E-state index in [2.05, 4.69) is 15.5 Å². The number of nitro benzene ring substituents is 1. The number of halogens is 1. The fourth-order valence-electron chi connectivity index (χ4n) is 1.76. The lowest BCUT2D eigenvalue weighted by atomic mass is 10.2. The third-order valence-corrected chi connectivity index (χ3v) is 2.66. The summed E-state index contributed by atoms with van der Waals surface area (Å²) in [6.07, 6.45) is 1.53. The van der Waals surface area contributed by atoms with Gasteiger partial charge >= 0.3 is 0 Å². The van der Waals surface area contributed by atoms with Crippen LogP contribution in [0.4, 0.5) is 15.8 Å². The highest BCUT2D eigenvalue weighted by molar-refractivity contribution is 5.61. The molecule has 0 radical (unpaired) electrons. The van der Waals surface area contributed by atoms with Gasteiger partial charge in [-0.2, -0.15) is 0 Å². The maximum atomic E-state index is 13.0. The molecule has 0 saturated carbocycles. The maximum absolute atomic E-state index is 13.0. The Labute approximate surface area is 108 Å². The summed E-state index contributed by atoms with van der Waals surface area (Å²) >= 11 is 0. The smallest absolute Gasteiger partial charge is 0.295 e. The van der Waals surface area contributed by atoms with Gasteiger partial charge in [-0.1, -0.05) is 0 Å². The van der Waals surface area contributed by atoms with Crippen molar-refractivity contribution < 1.29 is 9.31 Å². The van der Waals surface area contributed by atoms with Crippen molar-refractivity contribution in [2.75, 3.05) is 5.32 Å². The molecule has 1 atom stereocenters. The predicted molar refractivity (Wildman–Crippen MR) is 66.1 cm³/mol. The minimum atomic E-state index is -0.649. The molecule has 0 fully saturated rings. The zero-order chi connectivity index (χ0) is 14.0. The molecule has 100 valence electrons. The highest BCUT2D eigenvalue weighted by Crippen LogP contribution is 2.28. The molecule has 0 aliphatic carbocycles. The summed E-state index contributed by atoms with van der Waals surface area (Å²) in [5, 5.41) is 21.5. The Morgan fingerprint density at radius 2 is 2.26 bits per heavy atom. The molecule has 2 rings (SSSR count). The van der Waals surface area contributed by atoms with Gasteiger partial charge in [-0.3, -0.25) is 10.1 Å². The fraction of sp³-hybridized carbons (Fsp3) is 0.273. The molecule has 7 nitrogen and oxygen atoms in total. The largest absolute Gasteiger partial charge is 0.370 e. The van der Waals surface area contributed by atoms with Gasteiger partial charge in [0.1, 0.15) is 17.8 Å². The Morgan fingerprint density at radius 3 is 2.84 bits per heavy atom. The van der Waals surface area contributed by atoms with E-state index in [1.807, 2.05) is 0 Å². The van der Waals surface area contributed by atoms with Crippen molar-refractivity contribution in [3.63, 3.8) is 0 Å². The van der Waals surface area contributed by atoms with E-state index in [1.165, 1.54) is 18.5 Å². The minimum absolute atomic E-state index is 0.238. The molecule has 1 unspecified atom stereocenters. The number of anilines is 1. The lowest BCUT2D eigenvalue weighted by Gasteiger charge is -2.14. The molecule has 8 heteroatoms. The van der Waals surface area contributed by atoms with E-state index in [-0.39, 0.29) is 17.4 Å². The predicted octanol–water partition coefficient (Wildman–Crippen LogP) is 2.04. The molecule has 0 aliphatic heterocycles. The van der Waals surface area contributed by atoms with Crippen LogP contribution in [0.1, 0.15) is 18.8 Å². The van der Waals surface area contributed by atoms with Crippen LogP contribution in [-0.2, 0) is 7.05 Å². The van der Waals surface area contributed by atoms with E-state index in [0.29, 0.717) is 5.82 Å². The van der Waals surface area contributed by atoms with E-state index in [1.54, 1.807) is 18.5 Å². The van der Waals surface area contributed by atoms with Crippen molar-refractivity contribution in [3.8, 4) is 0 Å². The van der Waals surface area contributed by atoms with Crippen LogP contribution >= 0.6 is 0 Å². The number of aromatic nitrogens is 3. The van der Waals surface area contributed by atoms with Crippen LogP contribution in [-0.4, -0.2) is 19.7 Å². The molecule has 1 aromatic carbocycles. The van der Waals surface area contributed by atoms with Crippen LogP contribution in [0.3, 0.4) is 0 Å². The van der Waals surface area contributed by atoms with Gasteiger partial charge in [0.15, 0.2) is 5.82 Å². The third-order valence-electron chi connectivity index (χ3n) is 2.66. The lowest BCUT2D eigenvalue weighted by molar-refractivity contribution is -0.384. The third kappa shape index (κ3) is 2.67. The zero-order valence-corrected chi connectivity index (χ0v) is 10.4. The lowest BCUT2D eigenvalue weighted by Crippen LogP contribution is -2.13. The van der Waals surface area contributed by atoms with Crippen LogP contribution in [0, 0.1) is 15.9 Å². The van der Waals surface area contributed by atoms with E-state index in [9.17, 15) is 14.5 Å². The summed E-state index contributed by atoms with van der Waals surface area (Å²) in [5.41, 5.74) is -0.0732. The van der Waals surface area contributed by atoms with Crippen molar-refractivity contribution >= 4 is 11.4 Å². The second-order valence-electron chi connectivity index (χ2n) is 4.08. The molecule has 1 heterocycles. The van der Waals surface area contributed by atoms with E-state index in [0.717, 1.165) is 6.07 Å². The molecular formula is C11H12FN5O2. The number of nitro groups is 1. The second kappa shape index (κ2) is 5.01. The van der Waals surface area contributed by atoms with Crippen LogP contribution in [0.25, 0.3) is 0 Å². The number of rotatable bonds is 4. The molecule has 0 bridgehead atoms.